The lowest BCUT2D eigenvalue weighted by Crippen LogP contribution is -2.35. The molecule has 30 heavy (non-hydrogen) atoms. The Balaban J connectivity index is 1.57. The Kier molecular flexibility index (Phi) is 5.71. The Labute approximate surface area is 180 Å². The number of carbonyl (C=O) groups excluding carboxylic acids is 1. The number of rotatable bonds is 5. The van der Waals surface area contributed by atoms with Gasteiger partial charge in [-0.25, -0.2) is 8.42 Å². The fourth-order valence-electron chi connectivity index (χ4n) is 3.70. The highest BCUT2D eigenvalue weighted by Crippen LogP contribution is 2.31. The quantitative estimate of drug-likeness (QED) is 0.622. The van der Waals surface area contributed by atoms with E-state index in [9.17, 15) is 13.2 Å². The van der Waals surface area contributed by atoms with Crippen molar-refractivity contribution < 1.29 is 17.9 Å². The highest BCUT2D eigenvalue weighted by molar-refractivity contribution is 7.92. The maximum absolute atomic E-state index is 12.8. The van der Waals surface area contributed by atoms with Gasteiger partial charge in [0, 0.05) is 23.5 Å². The van der Waals surface area contributed by atoms with Gasteiger partial charge < -0.3 is 9.64 Å². The van der Waals surface area contributed by atoms with Crippen molar-refractivity contribution in [1.29, 1.82) is 0 Å². The molecule has 2 aromatic carbocycles. The van der Waals surface area contributed by atoms with Crippen molar-refractivity contribution in [2.45, 2.75) is 31.1 Å². The third-order valence-electron chi connectivity index (χ3n) is 5.30. The predicted molar refractivity (Wildman–Crippen MR) is 120 cm³/mol. The molecule has 6 nitrogen and oxygen atoms in total. The molecule has 0 spiro atoms. The number of carbonyl (C=O) groups is 1. The number of benzene rings is 2. The Morgan fingerprint density at radius 3 is 2.53 bits per heavy atom. The summed E-state index contributed by atoms with van der Waals surface area (Å²) in [5.74, 6) is 0.700. The van der Waals surface area contributed by atoms with E-state index in [0.717, 1.165) is 41.6 Å². The molecule has 1 aromatic heterocycles. The molecule has 0 bridgehead atoms. The number of nitrogens with zero attached hydrogens (tertiary/aromatic N) is 1. The highest BCUT2D eigenvalue weighted by atomic mass is 32.2. The number of sulfonamides is 1. The molecule has 1 saturated heterocycles. The minimum absolute atomic E-state index is 0.0618. The number of piperidine rings is 1. The van der Waals surface area contributed by atoms with Gasteiger partial charge in [0.1, 0.15) is 5.75 Å². The monoisotopic (exact) mass is 444 g/mol. The second-order valence-corrected chi connectivity index (χ2v) is 10.2. The minimum Gasteiger partial charge on any atom is -0.496 e. The van der Waals surface area contributed by atoms with Crippen molar-refractivity contribution in [2.75, 3.05) is 24.9 Å². The molecule has 1 fully saturated rings. The summed E-state index contributed by atoms with van der Waals surface area (Å²) in [6.07, 6.45) is 3.27. The van der Waals surface area contributed by atoms with Crippen LogP contribution < -0.4 is 9.46 Å². The average molecular weight is 445 g/mol. The number of methoxy groups -OCH3 is 1. The number of nitrogens with one attached hydrogen (secondary N) is 1. The molecule has 158 valence electrons. The van der Waals surface area contributed by atoms with E-state index in [4.69, 9.17) is 4.74 Å². The van der Waals surface area contributed by atoms with Crippen LogP contribution in [0.15, 0.2) is 47.4 Å². The van der Waals surface area contributed by atoms with Gasteiger partial charge in [-0.15, -0.1) is 11.3 Å². The lowest BCUT2D eigenvalue weighted by atomic mass is 10.1. The molecular weight excluding hydrogens is 420 g/mol. The van der Waals surface area contributed by atoms with Gasteiger partial charge in [0.25, 0.3) is 15.9 Å². The number of aryl methyl sites for hydroxylation is 1. The summed E-state index contributed by atoms with van der Waals surface area (Å²) in [5.41, 5.74) is 1.21. The Bertz CT molecular complexity index is 1200. The molecule has 0 saturated carbocycles. The van der Waals surface area contributed by atoms with Crippen LogP contribution in [0.3, 0.4) is 0 Å². The summed E-state index contributed by atoms with van der Waals surface area (Å²) in [5, 5.41) is 0.853. The highest BCUT2D eigenvalue weighted by Gasteiger charge is 2.21. The number of amides is 1. The van der Waals surface area contributed by atoms with Crippen molar-refractivity contribution >= 4 is 43.0 Å². The zero-order valence-corrected chi connectivity index (χ0v) is 18.6. The zero-order chi connectivity index (χ0) is 21.3. The van der Waals surface area contributed by atoms with Crippen LogP contribution in [0.25, 0.3) is 10.1 Å². The molecular formula is C22H24N2O4S2. The topological polar surface area (TPSA) is 75.7 Å². The second-order valence-electron chi connectivity index (χ2n) is 7.45. The molecule has 0 radical (unpaired) electrons. The van der Waals surface area contributed by atoms with Crippen LogP contribution in [-0.2, 0) is 10.0 Å². The van der Waals surface area contributed by atoms with Gasteiger partial charge in [-0.2, -0.15) is 0 Å². The summed E-state index contributed by atoms with van der Waals surface area (Å²) in [7, 11) is -2.18. The summed E-state index contributed by atoms with van der Waals surface area (Å²) >= 11 is 1.45. The largest absolute Gasteiger partial charge is 0.496 e. The molecule has 0 unspecified atom stereocenters. The van der Waals surface area contributed by atoms with E-state index in [1.54, 1.807) is 38.3 Å². The Hall–Kier alpha value is -2.58. The first-order chi connectivity index (χ1) is 14.4. The zero-order valence-electron chi connectivity index (χ0n) is 17.0. The van der Waals surface area contributed by atoms with E-state index in [0.29, 0.717) is 16.3 Å². The molecule has 2 heterocycles. The predicted octanol–water partition coefficient (Wildman–Crippen LogP) is 4.65. The number of thiophene rings is 1. The standard InChI is InChI=1S/C22H24N2O4S2/c1-15-12-18(7-8-19(15)28-2)30(26,27)23-17-6-9-20-16(13-17)14-21(29-20)22(25)24-10-4-3-5-11-24/h6-9,12-14,23H,3-5,10-11H2,1-2H3. The average Bonchev–Trinajstić information content (AvgIpc) is 3.17. The molecule has 0 aliphatic carbocycles. The number of likely N-dealkylation sites (tertiary alicyclic amines) is 1. The van der Waals surface area contributed by atoms with Gasteiger partial charge in [0.15, 0.2) is 0 Å². The maximum atomic E-state index is 12.8. The minimum atomic E-state index is -3.73. The molecule has 1 aliphatic rings. The molecule has 8 heteroatoms. The lowest BCUT2D eigenvalue weighted by Gasteiger charge is -2.26. The first-order valence-electron chi connectivity index (χ1n) is 9.88. The number of anilines is 1. The van der Waals surface area contributed by atoms with Crippen molar-refractivity contribution in [3.05, 3.63) is 52.9 Å². The first-order valence-corrected chi connectivity index (χ1v) is 12.2. The number of ether oxygens (including phenoxy) is 1. The lowest BCUT2D eigenvalue weighted by molar-refractivity contribution is 0.0729. The van der Waals surface area contributed by atoms with Crippen LogP contribution in [-0.4, -0.2) is 39.4 Å². The Morgan fingerprint density at radius 2 is 1.83 bits per heavy atom. The van der Waals surface area contributed by atoms with Gasteiger partial charge in [-0.1, -0.05) is 0 Å². The molecule has 0 atom stereocenters. The molecule has 1 N–H and O–H groups in total. The number of hydrogen-bond acceptors (Lipinski definition) is 5. The smallest absolute Gasteiger partial charge is 0.263 e. The summed E-state index contributed by atoms with van der Waals surface area (Å²) in [6.45, 7) is 3.41. The van der Waals surface area contributed by atoms with E-state index in [1.165, 1.54) is 23.8 Å². The molecule has 4 rings (SSSR count). The third kappa shape index (κ3) is 4.15. The third-order valence-corrected chi connectivity index (χ3v) is 7.78. The fraction of sp³-hybridized carbons (Fsp3) is 0.318. The van der Waals surface area contributed by atoms with Crippen LogP contribution in [0, 0.1) is 6.92 Å². The molecule has 3 aromatic rings. The molecule has 1 aliphatic heterocycles. The molecule has 1 amide bonds. The number of fused-ring (bicyclic) bond motifs is 1. The normalized spacial score (nSPS) is 14.7. The Morgan fingerprint density at radius 1 is 1.07 bits per heavy atom. The summed E-state index contributed by atoms with van der Waals surface area (Å²) in [6, 6.07) is 11.9. The van der Waals surface area contributed by atoms with Gasteiger partial charge in [-0.05, 0) is 79.6 Å². The van der Waals surface area contributed by atoms with Crippen LogP contribution in [0.4, 0.5) is 5.69 Å². The van der Waals surface area contributed by atoms with E-state index < -0.39 is 10.0 Å². The van der Waals surface area contributed by atoms with Gasteiger partial charge in [0.05, 0.1) is 16.9 Å². The van der Waals surface area contributed by atoms with Crippen molar-refractivity contribution in [3.63, 3.8) is 0 Å². The summed E-state index contributed by atoms with van der Waals surface area (Å²) < 4.78 is 34.4. The first kappa shape index (κ1) is 20.7. The summed E-state index contributed by atoms with van der Waals surface area (Å²) in [4.78, 5) is 15.5. The van der Waals surface area contributed by atoms with E-state index in [2.05, 4.69) is 4.72 Å². The van der Waals surface area contributed by atoms with E-state index in [-0.39, 0.29) is 10.8 Å². The SMILES string of the molecule is COc1ccc(S(=O)(=O)Nc2ccc3sc(C(=O)N4CCCCC4)cc3c2)cc1C. The van der Waals surface area contributed by atoms with Crippen LogP contribution in [0.2, 0.25) is 0 Å². The van der Waals surface area contributed by atoms with E-state index >= 15 is 0 Å². The van der Waals surface area contributed by atoms with Crippen molar-refractivity contribution in [1.82, 2.24) is 4.90 Å². The van der Waals surface area contributed by atoms with Gasteiger partial charge in [-0.3, -0.25) is 9.52 Å². The van der Waals surface area contributed by atoms with Gasteiger partial charge >= 0.3 is 0 Å². The van der Waals surface area contributed by atoms with Crippen LogP contribution in [0.5, 0.6) is 5.75 Å². The second kappa shape index (κ2) is 8.28. The van der Waals surface area contributed by atoms with Crippen molar-refractivity contribution in [3.8, 4) is 5.75 Å². The van der Waals surface area contributed by atoms with Crippen LogP contribution in [0.1, 0.15) is 34.5 Å². The number of hydrogen-bond donors (Lipinski definition) is 1. The van der Waals surface area contributed by atoms with Gasteiger partial charge in [0.2, 0.25) is 0 Å². The van der Waals surface area contributed by atoms with Crippen molar-refractivity contribution in [2.24, 2.45) is 0 Å². The maximum Gasteiger partial charge on any atom is 0.263 e. The fourth-order valence-corrected chi connectivity index (χ4v) is 5.84. The van der Waals surface area contributed by atoms with Crippen LogP contribution >= 0.6 is 11.3 Å². The van der Waals surface area contributed by atoms with E-state index in [1.807, 2.05) is 17.0 Å².